The van der Waals surface area contributed by atoms with Gasteiger partial charge in [0.15, 0.2) is 36.7 Å². The Kier molecular flexibility index (Phi) is 20.9. The van der Waals surface area contributed by atoms with Gasteiger partial charge < -0.3 is 17.7 Å². The predicted molar refractivity (Wildman–Crippen MR) is 578 cm³/mol. The van der Waals surface area contributed by atoms with E-state index in [0.717, 1.165) is 200 Å². The van der Waals surface area contributed by atoms with E-state index in [0.29, 0.717) is 17.5 Å². The van der Waals surface area contributed by atoms with Crippen LogP contribution in [-0.2, 0) is 5.41 Å². The lowest BCUT2D eigenvalue weighted by Crippen LogP contribution is -2.74. The summed E-state index contributed by atoms with van der Waals surface area (Å²) in [7, 11) is -2.57. The first kappa shape index (κ1) is 83.7. The number of hydrogen-bond donors (Lipinski definition) is 0. The number of furan rings is 4. The highest BCUT2D eigenvalue weighted by atomic mass is 28.3. The van der Waals surface area contributed by atoms with Crippen LogP contribution in [0.25, 0.3) is 211 Å². The fourth-order valence-electron chi connectivity index (χ4n) is 21.1. The molecule has 0 spiro atoms. The van der Waals surface area contributed by atoms with Crippen molar-refractivity contribution >= 4 is 128 Å². The Bertz CT molecular complexity index is 9150. The predicted octanol–water partition coefficient (Wildman–Crippen LogP) is 29.7. The molecule has 0 saturated heterocycles. The smallest absolute Gasteiger partial charge is 0.179 e. The molecule has 10 heterocycles. The molecule has 0 saturated carbocycles. The summed E-state index contributed by atoms with van der Waals surface area (Å²) in [5.74, 6) is 1.96. The highest BCUT2D eigenvalue weighted by Crippen LogP contribution is 2.57. The van der Waals surface area contributed by atoms with Crippen LogP contribution in [0.5, 0.6) is 0 Å². The minimum absolute atomic E-state index is 0.638. The third kappa shape index (κ3) is 14.6. The molecule has 0 aliphatic heterocycles. The van der Waals surface area contributed by atoms with Crippen LogP contribution in [-0.4, -0.2) is 47.9 Å². The monoisotopic (exact) mass is 1830 g/mol. The number of para-hydroxylation sites is 6. The minimum atomic E-state index is -2.57. The molecule has 0 N–H and O–H groups in total. The van der Waals surface area contributed by atoms with Gasteiger partial charge in [-0.25, -0.2) is 24.9 Å². The number of rotatable bonds is 15. The highest BCUT2D eigenvalue weighted by Gasteiger charge is 2.50. The molecule has 1 unspecified atom stereocenters. The fourth-order valence-corrected chi connectivity index (χ4v) is 25.9. The summed E-state index contributed by atoms with van der Waals surface area (Å²) < 4.78 is 25.6. The molecule has 0 radical (unpaired) electrons. The van der Waals surface area contributed by atoms with E-state index in [1.54, 1.807) is 18.6 Å². The topological polar surface area (TPSA) is 156 Å². The van der Waals surface area contributed by atoms with Gasteiger partial charge in [0.05, 0.1) is 28.5 Å². The van der Waals surface area contributed by atoms with Crippen molar-refractivity contribution in [2.24, 2.45) is 0 Å². The maximum atomic E-state index is 6.55. The number of pyridine rings is 5. The first-order chi connectivity index (χ1) is 70.4. The van der Waals surface area contributed by atoms with Gasteiger partial charge in [-0.15, -0.1) is 0 Å². The van der Waals surface area contributed by atoms with Crippen molar-refractivity contribution in [1.29, 1.82) is 0 Å². The van der Waals surface area contributed by atoms with Crippen LogP contribution < -0.4 is 20.7 Å². The molecule has 1 aliphatic carbocycles. The van der Waals surface area contributed by atoms with Crippen LogP contribution >= 0.6 is 0 Å². The van der Waals surface area contributed by atoms with Gasteiger partial charge in [-0.3, -0.25) is 15.0 Å². The quantitative estimate of drug-likeness (QED) is 0.0708. The number of fused-ring (bicyclic) bond motifs is 16. The third-order valence-electron chi connectivity index (χ3n) is 27.6. The molecule has 27 aromatic rings. The van der Waals surface area contributed by atoms with E-state index in [1.807, 2.05) is 133 Å². The standard InChI is InChI=1S/C46H29N3O.C45H27N3O2.C38H26N2OSi/c1-4-15-30(16-5-1)43-47-44(31-17-6-2-7-18-31)49-45(48-43)46(33-19-8-3-9-20-33)39-25-12-10-21-35(39)36-28-27-32(29-40(36)46)34-23-14-24-38-37-22-11-13-26-41(37)50-42(34)38;1-3-19-42-34(11-1)36-15-9-13-32(44(36)49-42)30-23-28(24-31(25-30)33-14-10-16-37-35-12-2-4-20-43(35)50-45(33)37)29-26-40(38-17-5-7-21-46-38)48-41(27-29)39-18-6-8-22-47-39;1-4-11-30(12-5-1)42(31-13-6-2-7-14-31,32-15-8-3-9-16-32)33-21-20-27-25-29(19-18-28(27)26-33)34-22-23-36-38(40-34)37-35(41-36)17-10-24-39-37/h1-29H;1-27H;1-26H. The summed E-state index contributed by atoms with van der Waals surface area (Å²) in [6, 6.07) is 168. The first-order valence-electron chi connectivity index (χ1n) is 47.6. The molecular formula is C129H82N8O4Si. The molecule has 0 bridgehead atoms. The van der Waals surface area contributed by atoms with Gasteiger partial charge in [-0.1, -0.05) is 370 Å². The van der Waals surface area contributed by atoms with Crippen molar-refractivity contribution in [2.45, 2.75) is 5.41 Å². The summed E-state index contributed by atoms with van der Waals surface area (Å²) in [6.07, 6.45) is 5.37. The molecule has 0 amide bonds. The molecule has 10 aromatic heterocycles. The van der Waals surface area contributed by atoms with Gasteiger partial charge in [0.1, 0.15) is 49.9 Å². The van der Waals surface area contributed by atoms with E-state index in [9.17, 15) is 0 Å². The van der Waals surface area contributed by atoms with Gasteiger partial charge in [0, 0.05) is 84.3 Å². The zero-order valence-corrected chi connectivity index (χ0v) is 77.6. The number of hydrogen-bond acceptors (Lipinski definition) is 12. The Balaban J connectivity index is 0.000000110. The van der Waals surface area contributed by atoms with E-state index in [2.05, 4.69) is 361 Å². The number of aromatic nitrogens is 8. The van der Waals surface area contributed by atoms with E-state index in [4.69, 9.17) is 42.6 Å². The van der Waals surface area contributed by atoms with Gasteiger partial charge in [0.25, 0.3) is 0 Å². The fraction of sp³-hybridized carbons (Fsp3) is 0.00775. The summed E-state index contributed by atoms with van der Waals surface area (Å²) in [5, 5.41) is 14.5. The first-order valence-corrected chi connectivity index (χ1v) is 49.6. The summed E-state index contributed by atoms with van der Waals surface area (Å²) in [5.41, 5.74) is 28.4. The minimum Gasteiger partial charge on any atom is -0.455 e. The van der Waals surface area contributed by atoms with E-state index in [1.165, 1.54) is 37.1 Å². The lowest BCUT2D eigenvalue weighted by atomic mass is 9.71. The van der Waals surface area contributed by atoms with Crippen LogP contribution in [0.2, 0.25) is 0 Å². The number of nitrogens with zero attached hydrogens (tertiary/aromatic N) is 8. The SMILES string of the molecule is c1ccc(-c2cc(-c3cc(-c4cccc5c4oc4ccccc45)cc(-c4cccc5c4oc4ccccc45)c3)cc(-c3ccccn3)n2)nc1.c1ccc(-c2nc(-c3ccccc3)nc(C3(c4ccccc4)c4ccccc4-c4ccc(-c5cccc6c5oc5ccccc56)cc43)n2)cc1.c1ccc([Si](c2ccccc2)(c2ccccc2)c2ccc3cc(-c4ccc5oc6cccnc6c5n4)ccc3c2)cc1. The molecular weight excluding hydrogens is 1750 g/mol. The van der Waals surface area contributed by atoms with Gasteiger partial charge in [-0.2, -0.15) is 0 Å². The molecule has 13 heteroatoms. The Labute approximate surface area is 817 Å². The average Bonchev–Trinajstić information content (AvgIpc) is 1.52. The molecule has 12 nitrogen and oxygen atoms in total. The van der Waals surface area contributed by atoms with Crippen molar-refractivity contribution in [1.82, 2.24) is 39.9 Å². The molecule has 1 aliphatic rings. The van der Waals surface area contributed by atoms with Crippen LogP contribution in [0.15, 0.2) is 516 Å². The molecule has 28 rings (SSSR count). The van der Waals surface area contributed by atoms with Crippen LogP contribution in [0.4, 0.5) is 0 Å². The van der Waals surface area contributed by atoms with E-state index >= 15 is 0 Å². The van der Waals surface area contributed by atoms with Crippen molar-refractivity contribution in [3.05, 3.63) is 520 Å². The Hall–Kier alpha value is -18.8. The molecule has 666 valence electrons. The Morgan fingerprint density at radius 3 is 1.16 bits per heavy atom. The van der Waals surface area contributed by atoms with Crippen molar-refractivity contribution in [3.8, 4) is 112 Å². The van der Waals surface area contributed by atoms with E-state index < -0.39 is 13.5 Å². The highest BCUT2D eigenvalue weighted by molar-refractivity contribution is 7.20. The third-order valence-corrected chi connectivity index (χ3v) is 32.4. The summed E-state index contributed by atoms with van der Waals surface area (Å²) in [4.78, 5) is 39.7. The van der Waals surface area contributed by atoms with Crippen molar-refractivity contribution in [2.75, 3.05) is 0 Å². The van der Waals surface area contributed by atoms with E-state index in [-0.39, 0.29) is 0 Å². The second-order valence-electron chi connectivity index (χ2n) is 35.8. The second kappa shape index (κ2) is 35.4. The largest absolute Gasteiger partial charge is 0.455 e. The Morgan fingerprint density at radius 1 is 0.197 bits per heavy atom. The lowest BCUT2D eigenvalue weighted by Gasteiger charge is -2.34. The van der Waals surface area contributed by atoms with Crippen LogP contribution in [0, 0.1) is 0 Å². The lowest BCUT2D eigenvalue weighted by molar-refractivity contribution is 0.667. The van der Waals surface area contributed by atoms with Crippen molar-refractivity contribution in [3.63, 3.8) is 0 Å². The Morgan fingerprint density at radius 2 is 0.620 bits per heavy atom. The van der Waals surface area contributed by atoms with Gasteiger partial charge in [0.2, 0.25) is 0 Å². The molecule has 1 atom stereocenters. The van der Waals surface area contributed by atoms with Crippen LogP contribution in [0.1, 0.15) is 22.5 Å². The van der Waals surface area contributed by atoms with Gasteiger partial charge in [-0.05, 0) is 196 Å². The maximum Gasteiger partial charge on any atom is 0.179 e. The molecule has 142 heavy (non-hydrogen) atoms. The summed E-state index contributed by atoms with van der Waals surface area (Å²) in [6.45, 7) is 0. The number of benzene rings is 17. The summed E-state index contributed by atoms with van der Waals surface area (Å²) >= 11 is 0. The zero-order valence-electron chi connectivity index (χ0n) is 76.6. The normalized spacial score (nSPS) is 12.8. The van der Waals surface area contributed by atoms with Gasteiger partial charge >= 0.3 is 0 Å². The second-order valence-corrected chi connectivity index (χ2v) is 39.6. The maximum absolute atomic E-state index is 6.55. The van der Waals surface area contributed by atoms with Crippen molar-refractivity contribution < 1.29 is 17.7 Å². The molecule has 0 fully saturated rings. The average molecular weight is 1840 g/mol. The zero-order chi connectivity index (χ0) is 94.0. The van der Waals surface area contributed by atoms with Crippen LogP contribution in [0.3, 0.4) is 0 Å². The molecule has 17 aromatic carbocycles.